The van der Waals surface area contributed by atoms with Crippen LogP contribution >= 0.6 is 0 Å². The summed E-state index contributed by atoms with van der Waals surface area (Å²) in [7, 11) is 0. The van der Waals surface area contributed by atoms with E-state index in [4.69, 9.17) is 10.5 Å². The molecule has 1 amide bonds. The molecule has 3 aliphatic rings. The first-order valence-electron chi connectivity index (χ1n) is 11.5. The highest BCUT2D eigenvalue weighted by molar-refractivity contribution is 5.79. The average molecular weight is 400 g/mol. The van der Waals surface area contributed by atoms with Gasteiger partial charge in [-0.05, 0) is 50.0 Å². The number of nitrogens with zero attached hydrogens (tertiary/aromatic N) is 2. The third-order valence-corrected chi connectivity index (χ3v) is 7.40. The quantitative estimate of drug-likeness (QED) is 0.799. The van der Waals surface area contributed by atoms with Crippen molar-refractivity contribution in [2.45, 2.75) is 57.7 Å². The van der Waals surface area contributed by atoms with Crippen molar-refractivity contribution in [2.75, 3.05) is 32.8 Å². The number of morpholine rings is 1. The molecule has 0 aromatic heterocycles. The Bertz CT molecular complexity index is 647. The molecule has 5 nitrogen and oxygen atoms in total. The van der Waals surface area contributed by atoms with Gasteiger partial charge in [0.25, 0.3) is 0 Å². The first kappa shape index (κ1) is 20.8. The second-order valence-electron chi connectivity index (χ2n) is 9.41. The number of carbonyl (C=O) groups excluding carboxylic acids is 1. The highest BCUT2D eigenvalue weighted by Crippen LogP contribution is 2.42. The molecule has 2 N–H and O–H groups in total. The van der Waals surface area contributed by atoms with Crippen LogP contribution in [0.1, 0.15) is 44.6 Å². The maximum atomic E-state index is 13.8. The molecule has 0 spiro atoms. The number of nitrogens with two attached hydrogens (primary N) is 1. The predicted molar refractivity (Wildman–Crippen MR) is 115 cm³/mol. The van der Waals surface area contributed by atoms with Gasteiger partial charge < -0.3 is 15.4 Å². The summed E-state index contributed by atoms with van der Waals surface area (Å²) in [5.74, 6) is 1.55. The Kier molecular flexibility index (Phi) is 6.88. The topological polar surface area (TPSA) is 58.8 Å². The molecule has 4 rings (SSSR count). The lowest BCUT2D eigenvalue weighted by molar-refractivity contribution is -0.142. The van der Waals surface area contributed by atoms with E-state index in [1.807, 2.05) is 6.07 Å². The molecule has 0 radical (unpaired) electrons. The van der Waals surface area contributed by atoms with Crippen LogP contribution in [0, 0.1) is 17.8 Å². The molecule has 2 bridgehead atoms. The number of benzene rings is 1. The Labute approximate surface area is 175 Å². The van der Waals surface area contributed by atoms with Crippen LogP contribution in [0.15, 0.2) is 30.3 Å². The zero-order valence-corrected chi connectivity index (χ0v) is 17.8. The maximum absolute atomic E-state index is 13.8. The maximum Gasteiger partial charge on any atom is 0.226 e. The van der Waals surface area contributed by atoms with Crippen molar-refractivity contribution in [1.82, 2.24) is 9.80 Å². The van der Waals surface area contributed by atoms with Crippen molar-refractivity contribution in [3.63, 3.8) is 0 Å². The summed E-state index contributed by atoms with van der Waals surface area (Å²) >= 11 is 0. The van der Waals surface area contributed by atoms with Crippen molar-refractivity contribution in [2.24, 2.45) is 23.5 Å². The van der Waals surface area contributed by atoms with E-state index in [1.165, 1.54) is 24.8 Å². The van der Waals surface area contributed by atoms with Gasteiger partial charge in [0.05, 0.1) is 13.2 Å². The van der Waals surface area contributed by atoms with Gasteiger partial charge in [0.15, 0.2) is 0 Å². The lowest BCUT2D eigenvalue weighted by Crippen LogP contribution is -2.53. The zero-order valence-electron chi connectivity index (χ0n) is 17.8. The van der Waals surface area contributed by atoms with E-state index in [1.54, 1.807) is 0 Å². The van der Waals surface area contributed by atoms with Crippen LogP contribution in [0.25, 0.3) is 0 Å². The van der Waals surface area contributed by atoms with Gasteiger partial charge in [-0.2, -0.15) is 0 Å². The molecule has 1 aromatic carbocycles. The number of ether oxygens (including phenoxy) is 1. The molecule has 2 saturated carbocycles. The third kappa shape index (κ3) is 5.01. The van der Waals surface area contributed by atoms with Crippen LogP contribution in [-0.4, -0.2) is 60.6 Å². The minimum absolute atomic E-state index is 0.140. The van der Waals surface area contributed by atoms with Crippen LogP contribution in [0.2, 0.25) is 0 Å². The normalized spacial score (nSPS) is 31.2. The lowest BCUT2D eigenvalue weighted by Gasteiger charge is -2.45. The van der Waals surface area contributed by atoms with E-state index < -0.39 is 0 Å². The Hall–Kier alpha value is -1.43. The molecule has 1 heterocycles. The van der Waals surface area contributed by atoms with E-state index in [9.17, 15) is 4.79 Å². The summed E-state index contributed by atoms with van der Waals surface area (Å²) in [5.41, 5.74) is 7.70. The molecule has 29 heavy (non-hydrogen) atoms. The first-order valence-corrected chi connectivity index (χ1v) is 11.5. The van der Waals surface area contributed by atoms with E-state index in [0.717, 1.165) is 45.7 Å². The molecule has 1 saturated heterocycles. The Morgan fingerprint density at radius 1 is 1.17 bits per heavy atom. The predicted octanol–water partition coefficient (Wildman–Crippen LogP) is 2.89. The molecule has 5 heteroatoms. The third-order valence-electron chi connectivity index (χ3n) is 7.40. The lowest BCUT2D eigenvalue weighted by atomic mass is 9.65. The van der Waals surface area contributed by atoms with E-state index in [2.05, 4.69) is 41.0 Å². The molecule has 1 aliphatic heterocycles. The van der Waals surface area contributed by atoms with Gasteiger partial charge in [-0.1, -0.05) is 36.8 Å². The van der Waals surface area contributed by atoms with Crippen LogP contribution in [-0.2, 0) is 16.1 Å². The van der Waals surface area contributed by atoms with E-state index in [0.29, 0.717) is 30.3 Å². The van der Waals surface area contributed by atoms with Gasteiger partial charge >= 0.3 is 0 Å². The Balaban J connectivity index is 1.48. The standard InChI is InChI=1S/C24H37N3O2/c1-18(16-26-10-12-29-13-11-26)27(17-19-6-3-2-4-7-19)24(28)22-14-20-8-5-9-21(15-22)23(20)25/h2-4,6-7,18,20-23H,5,8-17,25H2,1H3. The number of carbonyl (C=O) groups is 1. The summed E-state index contributed by atoms with van der Waals surface area (Å²) < 4.78 is 5.50. The fourth-order valence-electron chi connectivity index (χ4n) is 5.71. The SMILES string of the molecule is CC(CN1CCOCC1)N(Cc1ccccc1)C(=O)C1CC2CCCC(C1)C2N. The number of fused-ring (bicyclic) bond motifs is 2. The monoisotopic (exact) mass is 399 g/mol. The summed E-state index contributed by atoms with van der Waals surface area (Å²) in [6, 6.07) is 10.9. The second kappa shape index (κ2) is 9.59. The van der Waals surface area contributed by atoms with Gasteiger partial charge in [0.1, 0.15) is 0 Å². The van der Waals surface area contributed by atoms with E-state index in [-0.39, 0.29) is 12.0 Å². The van der Waals surface area contributed by atoms with Crippen molar-refractivity contribution in [1.29, 1.82) is 0 Å². The van der Waals surface area contributed by atoms with Gasteiger partial charge in [-0.3, -0.25) is 9.69 Å². The van der Waals surface area contributed by atoms with Crippen molar-refractivity contribution < 1.29 is 9.53 Å². The summed E-state index contributed by atoms with van der Waals surface area (Å²) in [5, 5.41) is 0. The largest absolute Gasteiger partial charge is 0.379 e. The van der Waals surface area contributed by atoms with Crippen molar-refractivity contribution in [3.05, 3.63) is 35.9 Å². The molecule has 3 atom stereocenters. The van der Waals surface area contributed by atoms with Crippen molar-refractivity contribution >= 4 is 5.91 Å². The summed E-state index contributed by atoms with van der Waals surface area (Å²) in [6.45, 7) is 7.34. The number of rotatable bonds is 6. The van der Waals surface area contributed by atoms with Gasteiger partial charge in [0.2, 0.25) is 5.91 Å². The smallest absolute Gasteiger partial charge is 0.226 e. The average Bonchev–Trinajstić information content (AvgIpc) is 2.73. The van der Waals surface area contributed by atoms with Crippen LogP contribution in [0.3, 0.4) is 0 Å². The molecular formula is C24H37N3O2. The number of hydrogen-bond donors (Lipinski definition) is 1. The molecule has 3 fully saturated rings. The van der Waals surface area contributed by atoms with Gasteiger partial charge in [-0.25, -0.2) is 0 Å². The van der Waals surface area contributed by atoms with E-state index >= 15 is 0 Å². The summed E-state index contributed by atoms with van der Waals surface area (Å²) in [4.78, 5) is 18.4. The van der Waals surface area contributed by atoms with Crippen molar-refractivity contribution in [3.8, 4) is 0 Å². The highest BCUT2D eigenvalue weighted by Gasteiger charge is 2.42. The number of amides is 1. The summed E-state index contributed by atoms with van der Waals surface area (Å²) in [6.07, 6.45) is 5.64. The molecular weight excluding hydrogens is 362 g/mol. The van der Waals surface area contributed by atoms with Gasteiger partial charge in [0, 0.05) is 44.2 Å². The zero-order chi connectivity index (χ0) is 20.2. The van der Waals surface area contributed by atoms with Crippen LogP contribution in [0.4, 0.5) is 0 Å². The fraction of sp³-hybridized carbons (Fsp3) is 0.708. The number of hydrogen-bond acceptors (Lipinski definition) is 4. The van der Waals surface area contributed by atoms with Crippen LogP contribution < -0.4 is 5.73 Å². The molecule has 1 aromatic rings. The molecule has 3 unspecified atom stereocenters. The second-order valence-corrected chi connectivity index (χ2v) is 9.41. The first-order chi connectivity index (χ1) is 14.1. The molecule has 2 aliphatic carbocycles. The molecule has 160 valence electrons. The Morgan fingerprint density at radius 2 is 1.83 bits per heavy atom. The minimum atomic E-state index is 0.140. The Morgan fingerprint density at radius 3 is 2.48 bits per heavy atom. The highest BCUT2D eigenvalue weighted by atomic mass is 16.5. The fourth-order valence-corrected chi connectivity index (χ4v) is 5.71. The van der Waals surface area contributed by atoms with Crippen LogP contribution in [0.5, 0.6) is 0 Å². The minimum Gasteiger partial charge on any atom is -0.379 e. The van der Waals surface area contributed by atoms with Gasteiger partial charge in [-0.15, -0.1) is 0 Å².